The Morgan fingerprint density at radius 1 is 1.39 bits per heavy atom. The Labute approximate surface area is 113 Å². The van der Waals surface area contributed by atoms with Crippen LogP contribution in [0.3, 0.4) is 0 Å². The molecule has 1 fully saturated rings. The lowest BCUT2D eigenvalue weighted by Crippen LogP contribution is -2.43. The summed E-state index contributed by atoms with van der Waals surface area (Å²) in [6, 6.07) is 5.74. The van der Waals surface area contributed by atoms with Gasteiger partial charge in [-0.25, -0.2) is 0 Å². The van der Waals surface area contributed by atoms with Gasteiger partial charge < -0.3 is 10.2 Å². The summed E-state index contributed by atoms with van der Waals surface area (Å²) in [5.74, 6) is -0.00967. The zero-order valence-electron chi connectivity index (χ0n) is 10.9. The largest absolute Gasteiger partial charge is 0.349 e. The van der Waals surface area contributed by atoms with E-state index in [-0.39, 0.29) is 11.9 Å². The van der Waals surface area contributed by atoms with Gasteiger partial charge in [0.2, 0.25) is 0 Å². The molecule has 98 valence electrons. The van der Waals surface area contributed by atoms with Crippen molar-refractivity contribution < 1.29 is 4.79 Å². The Bertz CT molecular complexity index is 439. The van der Waals surface area contributed by atoms with E-state index < -0.39 is 0 Å². The number of carbonyl (C=O) groups excluding carboxylic acids is 1. The Morgan fingerprint density at radius 3 is 2.72 bits per heavy atom. The molecule has 1 saturated heterocycles. The topological polar surface area (TPSA) is 32.3 Å². The average Bonchev–Trinajstić information content (AvgIpc) is 2.35. The fraction of sp³-hybridized carbons (Fsp3) is 0.500. The molecule has 0 bridgehead atoms. The number of nitrogens with zero attached hydrogens (tertiary/aromatic N) is 1. The molecule has 4 heteroatoms. The van der Waals surface area contributed by atoms with Crippen LogP contribution in [0.25, 0.3) is 0 Å². The van der Waals surface area contributed by atoms with E-state index in [0.717, 1.165) is 31.5 Å². The van der Waals surface area contributed by atoms with E-state index in [1.165, 1.54) is 0 Å². The number of hydrogen-bond donors (Lipinski definition) is 1. The number of amides is 1. The van der Waals surface area contributed by atoms with Crippen LogP contribution in [-0.2, 0) is 0 Å². The first-order valence-corrected chi connectivity index (χ1v) is 6.70. The van der Waals surface area contributed by atoms with Gasteiger partial charge in [0.1, 0.15) is 0 Å². The van der Waals surface area contributed by atoms with Gasteiger partial charge in [-0.3, -0.25) is 4.79 Å². The lowest BCUT2D eigenvalue weighted by Gasteiger charge is -2.29. The normalized spacial score (nSPS) is 17.7. The highest BCUT2D eigenvalue weighted by Gasteiger charge is 2.20. The predicted octanol–water partition coefficient (Wildman–Crippen LogP) is 2.47. The first-order valence-electron chi connectivity index (χ1n) is 6.32. The summed E-state index contributed by atoms with van der Waals surface area (Å²) in [6.45, 7) is 3.96. The van der Waals surface area contributed by atoms with Gasteiger partial charge in [-0.05, 0) is 57.6 Å². The van der Waals surface area contributed by atoms with Crippen LogP contribution in [0.15, 0.2) is 18.2 Å². The summed E-state index contributed by atoms with van der Waals surface area (Å²) in [4.78, 5) is 14.5. The van der Waals surface area contributed by atoms with Gasteiger partial charge in [0.05, 0.1) is 0 Å². The van der Waals surface area contributed by atoms with Crippen molar-refractivity contribution in [2.75, 3.05) is 20.1 Å². The number of piperidine rings is 1. The minimum atomic E-state index is -0.00967. The van der Waals surface area contributed by atoms with Crippen molar-refractivity contribution in [3.63, 3.8) is 0 Å². The molecule has 1 aliphatic heterocycles. The summed E-state index contributed by atoms with van der Waals surface area (Å²) >= 11 is 6.03. The van der Waals surface area contributed by atoms with Crippen molar-refractivity contribution in [2.45, 2.75) is 25.8 Å². The molecule has 0 atom stereocenters. The molecule has 1 heterocycles. The van der Waals surface area contributed by atoms with Crippen LogP contribution in [0.2, 0.25) is 5.02 Å². The van der Waals surface area contributed by atoms with Crippen LogP contribution in [0.1, 0.15) is 28.8 Å². The molecule has 0 saturated carbocycles. The third kappa shape index (κ3) is 3.03. The van der Waals surface area contributed by atoms with Crippen molar-refractivity contribution in [1.29, 1.82) is 0 Å². The molecule has 2 rings (SSSR count). The molecule has 1 aromatic carbocycles. The minimum Gasteiger partial charge on any atom is -0.349 e. The van der Waals surface area contributed by atoms with Crippen LogP contribution in [0.5, 0.6) is 0 Å². The zero-order valence-corrected chi connectivity index (χ0v) is 11.6. The lowest BCUT2D eigenvalue weighted by atomic mass is 10.0. The van der Waals surface area contributed by atoms with Crippen LogP contribution < -0.4 is 5.32 Å². The Hall–Kier alpha value is -1.06. The van der Waals surface area contributed by atoms with E-state index in [4.69, 9.17) is 11.6 Å². The van der Waals surface area contributed by atoms with Crippen molar-refractivity contribution in [3.05, 3.63) is 34.3 Å². The molecule has 0 unspecified atom stereocenters. The molecular formula is C14H19ClN2O. The number of likely N-dealkylation sites (tertiary alicyclic amines) is 1. The molecule has 1 amide bonds. The Balaban J connectivity index is 2.01. The minimum absolute atomic E-state index is 0.00967. The highest BCUT2D eigenvalue weighted by Crippen LogP contribution is 2.19. The van der Waals surface area contributed by atoms with Crippen LogP contribution >= 0.6 is 11.6 Å². The summed E-state index contributed by atoms with van der Waals surface area (Å²) in [5.41, 5.74) is 1.53. The molecule has 3 nitrogen and oxygen atoms in total. The number of carbonyl (C=O) groups is 1. The third-order valence-corrected chi connectivity index (χ3v) is 3.98. The molecule has 1 aliphatic rings. The maximum absolute atomic E-state index is 12.2. The van der Waals surface area contributed by atoms with Gasteiger partial charge in [0.25, 0.3) is 5.91 Å². The number of hydrogen-bond acceptors (Lipinski definition) is 2. The fourth-order valence-corrected chi connectivity index (χ4v) is 2.44. The van der Waals surface area contributed by atoms with E-state index in [2.05, 4.69) is 17.3 Å². The molecule has 1 N–H and O–H groups in total. The van der Waals surface area contributed by atoms with Gasteiger partial charge in [0.15, 0.2) is 0 Å². The average molecular weight is 267 g/mol. The van der Waals surface area contributed by atoms with Crippen LogP contribution in [0, 0.1) is 6.92 Å². The van der Waals surface area contributed by atoms with E-state index >= 15 is 0 Å². The van der Waals surface area contributed by atoms with E-state index in [1.807, 2.05) is 25.1 Å². The first kappa shape index (κ1) is 13.4. The summed E-state index contributed by atoms with van der Waals surface area (Å²) in [5, 5.41) is 3.74. The van der Waals surface area contributed by atoms with E-state index in [0.29, 0.717) is 10.6 Å². The molecule has 0 spiro atoms. The molecule has 0 radical (unpaired) electrons. The molecule has 1 aromatic rings. The van der Waals surface area contributed by atoms with Crippen molar-refractivity contribution in [3.8, 4) is 0 Å². The van der Waals surface area contributed by atoms with Crippen LogP contribution in [0.4, 0.5) is 0 Å². The number of rotatable bonds is 2. The maximum atomic E-state index is 12.2. The van der Waals surface area contributed by atoms with E-state index in [1.54, 1.807) is 0 Å². The Morgan fingerprint density at radius 2 is 2.06 bits per heavy atom. The van der Waals surface area contributed by atoms with Crippen molar-refractivity contribution >= 4 is 17.5 Å². The standard InChI is InChI=1S/C14H19ClN2O/c1-10-12(4-3-5-13(10)15)14(18)16-11-6-8-17(2)9-7-11/h3-5,11H,6-9H2,1-2H3,(H,16,18). The lowest BCUT2D eigenvalue weighted by molar-refractivity contribution is 0.0916. The first-order chi connectivity index (χ1) is 8.58. The summed E-state index contributed by atoms with van der Waals surface area (Å²) in [7, 11) is 2.11. The second-order valence-corrected chi connectivity index (χ2v) is 5.37. The highest BCUT2D eigenvalue weighted by molar-refractivity contribution is 6.31. The summed E-state index contributed by atoms with van der Waals surface area (Å²) < 4.78 is 0. The second kappa shape index (κ2) is 5.72. The smallest absolute Gasteiger partial charge is 0.251 e. The van der Waals surface area contributed by atoms with Crippen molar-refractivity contribution in [1.82, 2.24) is 10.2 Å². The molecule has 0 aliphatic carbocycles. The molecule has 18 heavy (non-hydrogen) atoms. The molecular weight excluding hydrogens is 248 g/mol. The zero-order chi connectivity index (χ0) is 13.1. The quantitative estimate of drug-likeness (QED) is 0.892. The van der Waals surface area contributed by atoms with Gasteiger partial charge in [0, 0.05) is 16.6 Å². The van der Waals surface area contributed by atoms with Gasteiger partial charge in [-0.15, -0.1) is 0 Å². The SMILES string of the molecule is Cc1c(Cl)cccc1C(=O)NC1CCN(C)CC1. The summed E-state index contributed by atoms with van der Waals surface area (Å²) in [6.07, 6.45) is 2.03. The number of halogens is 1. The van der Waals surface area contributed by atoms with Crippen molar-refractivity contribution in [2.24, 2.45) is 0 Å². The fourth-order valence-electron chi connectivity index (χ4n) is 2.27. The maximum Gasteiger partial charge on any atom is 0.251 e. The highest BCUT2D eigenvalue weighted by atomic mass is 35.5. The predicted molar refractivity (Wildman–Crippen MR) is 74.2 cm³/mol. The van der Waals surface area contributed by atoms with Crippen LogP contribution in [-0.4, -0.2) is 37.0 Å². The number of nitrogens with one attached hydrogen (secondary N) is 1. The van der Waals surface area contributed by atoms with E-state index in [9.17, 15) is 4.79 Å². The molecule has 0 aromatic heterocycles. The van der Waals surface area contributed by atoms with Gasteiger partial charge in [-0.1, -0.05) is 17.7 Å². The Kier molecular flexibility index (Phi) is 4.25. The van der Waals surface area contributed by atoms with Gasteiger partial charge in [-0.2, -0.15) is 0 Å². The monoisotopic (exact) mass is 266 g/mol. The van der Waals surface area contributed by atoms with Gasteiger partial charge >= 0.3 is 0 Å². The second-order valence-electron chi connectivity index (χ2n) is 4.96. The number of benzene rings is 1. The third-order valence-electron chi connectivity index (χ3n) is 3.57.